The van der Waals surface area contributed by atoms with E-state index in [2.05, 4.69) is 24.7 Å². The Kier molecular flexibility index (Phi) is 7.06. The van der Waals surface area contributed by atoms with Gasteiger partial charge in [-0.3, -0.25) is 25.2 Å². The zero-order valence-electron chi connectivity index (χ0n) is 17.3. The van der Waals surface area contributed by atoms with Gasteiger partial charge in [0.2, 0.25) is 5.91 Å². The van der Waals surface area contributed by atoms with Crippen LogP contribution in [0.15, 0.2) is 48.5 Å². The highest BCUT2D eigenvalue weighted by atomic mass is 16.5. The van der Waals surface area contributed by atoms with Crippen LogP contribution in [-0.4, -0.2) is 30.9 Å². The van der Waals surface area contributed by atoms with Crippen LogP contribution in [0, 0.1) is 5.92 Å². The summed E-state index contributed by atoms with van der Waals surface area (Å²) >= 11 is 0. The van der Waals surface area contributed by atoms with Crippen LogP contribution >= 0.6 is 0 Å². The second-order valence-corrected chi connectivity index (χ2v) is 7.66. The molecular weight excluding hydrogens is 382 g/mol. The quantitative estimate of drug-likeness (QED) is 0.687. The first kappa shape index (κ1) is 21.4. The fourth-order valence-electron chi connectivity index (χ4n) is 3.09. The third kappa shape index (κ3) is 5.59. The number of hydrogen-bond donors (Lipinski definition) is 2. The molecular formula is C23H27N3O4. The molecule has 158 valence electrons. The molecule has 1 fully saturated rings. The monoisotopic (exact) mass is 409 g/mol. The van der Waals surface area contributed by atoms with E-state index in [0.29, 0.717) is 42.4 Å². The van der Waals surface area contributed by atoms with Gasteiger partial charge < -0.3 is 9.64 Å². The number of anilines is 1. The molecule has 0 unspecified atom stereocenters. The summed E-state index contributed by atoms with van der Waals surface area (Å²) < 4.78 is 5.63. The summed E-state index contributed by atoms with van der Waals surface area (Å²) in [5.41, 5.74) is 6.39. The highest BCUT2D eigenvalue weighted by molar-refractivity contribution is 6.00. The lowest BCUT2D eigenvalue weighted by Gasteiger charge is -2.16. The number of nitrogens with zero attached hydrogens (tertiary/aromatic N) is 1. The normalized spacial score (nSPS) is 13.4. The van der Waals surface area contributed by atoms with Gasteiger partial charge in [0.25, 0.3) is 11.8 Å². The van der Waals surface area contributed by atoms with Crippen LogP contribution in [0.25, 0.3) is 0 Å². The lowest BCUT2D eigenvalue weighted by molar-refractivity contribution is -0.117. The fourth-order valence-corrected chi connectivity index (χ4v) is 3.09. The second kappa shape index (κ2) is 9.91. The molecule has 0 aliphatic carbocycles. The van der Waals surface area contributed by atoms with E-state index in [1.165, 1.54) is 0 Å². The molecule has 7 heteroatoms. The standard InChI is InChI=1S/C23H27N3O4/c1-16(2)13-15-30-20-11-7-18(8-12-20)23(29)25-24-22(28)17-5-9-19(10-6-17)26-14-3-4-21(26)27/h5-12,16H,3-4,13-15H2,1-2H3,(H,24,28)(H,25,29). The van der Waals surface area contributed by atoms with E-state index in [1.807, 2.05) is 0 Å². The molecule has 30 heavy (non-hydrogen) atoms. The Balaban J connectivity index is 1.49. The van der Waals surface area contributed by atoms with Gasteiger partial charge >= 0.3 is 0 Å². The summed E-state index contributed by atoms with van der Waals surface area (Å²) in [6, 6.07) is 13.5. The zero-order valence-corrected chi connectivity index (χ0v) is 17.3. The third-order valence-corrected chi connectivity index (χ3v) is 4.88. The molecule has 2 N–H and O–H groups in total. The van der Waals surface area contributed by atoms with Gasteiger partial charge in [-0.2, -0.15) is 0 Å². The SMILES string of the molecule is CC(C)CCOc1ccc(C(=O)NNC(=O)c2ccc(N3CCCC3=O)cc2)cc1. The molecule has 1 aliphatic rings. The van der Waals surface area contributed by atoms with Crippen LogP contribution in [0.3, 0.4) is 0 Å². The maximum atomic E-state index is 12.3. The highest BCUT2D eigenvalue weighted by Crippen LogP contribution is 2.21. The summed E-state index contributed by atoms with van der Waals surface area (Å²) in [6.07, 6.45) is 2.36. The highest BCUT2D eigenvalue weighted by Gasteiger charge is 2.21. The molecule has 1 aliphatic heterocycles. The Morgan fingerprint density at radius 1 is 0.967 bits per heavy atom. The Morgan fingerprint density at radius 3 is 2.03 bits per heavy atom. The Morgan fingerprint density at radius 2 is 1.53 bits per heavy atom. The topological polar surface area (TPSA) is 87.7 Å². The predicted octanol–water partition coefficient (Wildman–Crippen LogP) is 3.31. The van der Waals surface area contributed by atoms with Crippen molar-refractivity contribution in [1.29, 1.82) is 0 Å². The second-order valence-electron chi connectivity index (χ2n) is 7.66. The summed E-state index contributed by atoms with van der Waals surface area (Å²) in [5, 5.41) is 0. The smallest absolute Gasteiger partial charge is 0.269 e. The minimum atomic E-state index is -0.434. The number of carbonyl (C=O) groups is 3. The number of hydrogen-bond acceptors (Lipinski definition) is 4. The molecule has 1 heterocycles. The number of amides is 3. The number of hydrazine groups is 1. The van der Waals surface area contributed by atoms with Crippen LogP contribution in [-0.2, 0) is 4.79 Å². The van der Waals surface area contributed by atoms with Crippen LogP contribution in [0.5, 0.6) is 5.75 Å². The average Bonchev–Trinajstić information content (AvgIpc) is 3.18. The van der Waals surface area contributed by atoms with Gasteiger partial charge in [0, 0.05) is 29.8 Å². The number of benzene rings is 2. The first-order chi connectivity index (χ1) is 14.4. The molecule has 7 nitrogen and oxygen atoms in total. The largest absolute Gasteiger partial charge is 0.494 e. The lowest BCUT2D eigenvalue weighted by atomic mass is 10.1. The molecule has 2 aromatic carbocycles. The molecule has 3 rings (SSSR count). The maximum absolute atomic E-state index is 12.3. The Hall–Kier alpha value is -3.35. The predicted molar refractivity (Wildman–Crippen MR) is 114 cm³/mol. The number of nitrogens with one attached hydrogen (secondary N) is 2. The van der Waals surface area contributed by atoms with E-state index < -0.39 is 11.8 Å². The minimum absolute atomic E-state index is 0.0933. The fraction of sp³-hybridized carbons (Fsp3) is 0.348. The summed E-state index contributed by atoms with van der Waals surface area (Å²) in [7, 11) is 0. The maximum Gasteiger partial charge on any atom is 0.269 e. The molecule has 1 saturated heterocycles. The average molecular weight is 409 g/mol. The van der Waals surface area contributed by atoms with Crippen molar-refractivity contribution in [2.24, 2.45) is 5.92 Å². The van der Waals surface area contributed by atoms with Crippen LogP contribution in [0.4, 0.5) is 5.69 Å². The summed E-state index contributed by atoms with van der Waals surface area (Å²) in [4.78, 5) is 38.0. The van der Waals surface area contributed by atoms with Gasteiger partial charge in [0.1, 0.15) is 5.75 Å². The van der Waals surface area contributed by atoms with Gasteiger partial charge in [-0.15, -0.1) is 0 Å². The van der Waals surface area contributed by atoms with E-state index in [1.54, 1.807) is 53.4 Å². The van der Waals surface area contributed by atoms with E-state index in [-0.39, 0.29) is 5.91 Å². The van der Waals surface area contributed by atoms with E-state index in [0.717, 1.165) is 18.5 Å². The first-order valence-corrected chi connectivity index (χ1v) is 10.2. The molecule has 2 aromatic rings. The van der Waals surface area contributed by atoms with Crippen molar-refractivity contribution in [2.75, 3.05) is 18.1 Å². The Bertz CT molecular complexity index is 892. The number of carbonyl (C=O) groups excluding carboxylic acids is 3. The van der Waals surface area contributed by atoms with E-state index in [9.17, 15) is 14.4 Å². The molecule has 3 amide bonds. The van der Waals surface area contributed by atoms with Crippen molar-refractivity contribution in [2.45, 2.75) is 33.1 Å². The molecule has 0 spiro atoms. The summed E-state index contributed by atoms with van der Waals surface area (Å²) in [5.74, 6) is 0.508. The van der Waals surface area contributed by atoms with Crippen molar-refractivity contribution in [3.63, 3.8) is 0 Å². The number of rotatable bonds is 7. The molecule has 0 aromatic heterocycles. The molecule has 0 radical (unpaired) electrons. The van der Waals surface area contributed by atoms with E-state index >= 15 is 0 Å². The molecule has 0 bridgehead atoms. The van der Waals surface area contributed by atoms with Gasteiger partial charge in [0.05, 0.1) is 6.61 Å². The van der Waals surface area contributed by atoms with Gasteiger partial charge in [-0.25, -0.2) is 0 Å². The van der Waals surface area contributed by atoms with Crippen LogP contribution in [0.2, 0.25) is 0 Å². The minimum Gasteiger partial charge on any atom is -0.494 e. The summed E-state index contributed by atoms with van der Waals surface area (Å²) in [6.45, 7) is 5.59. The van der Waals surface area contributed by atoms with Crippen molar-refractivity contribution >= 4 is 23.4 Å². The molecule has 0 saturated carbocycles. The van der Waals surface area contributed by atoms with Gasteiger partial charge in [0.15, 0.2) is 0 Å². The van der Waals surface area contributed by atoms with Crippen molar-refractivity contribution in [3.05, 3.63) is 59.7 Å². The molecule has 0 atom stereocenters. The van der Waals surface area contributed by atoms with Crippen molar-refractivity contribution in [3.8, 4) is 5.75 Å². The number of ether oxygens (including phenoxy) is 1. The van der Waals surface area contributed by atoms with Gasteiger partial charge in [-0.05, 0) is 67.3 Å². The Labute approximate surface area is 176 Å². The van der Waals surface area contributed by atoms with Crippen LogP contribution in [0.1, 0.15) is 53.8 Å². The van der Waals surface area contributed by atoms with E-state index in [4.69, 9.17) is 4.74 Å². The van der Waals surface area contributed by atoms with Crippen LogP contribution < -0.4 is 20.5 Å². The lowest BCUT2D eigenvalue weighted by Crippen LogP contribution is -2.41. The third-order valence-electron chi connectivity index (χ3n) is 4.88. The first-order valence-electron chi connectivity index (χ1n) is 10.2. The van der Waals surface area contributed by atoms with Crippen molar-refractivity contribution < 1.29 is 19.1 Å². The van der Waals surface area contributed by atoms with Crippen molar-refractivity contribution in [1.82, 2.24) is 10.9 Å². The zero-order chi connectivity index (χ0) is 21.5. The van der Waals surface area contributed by atoms with Gasteiger partial charge in [-0.1, -0.05) is 13.8 Å².